The Balaban J connectivity index is 2.89. The second-order valence-electron chi connectivity index (χ2n) is 2.47. The molecule has 0 heterocycles. The first kappa shape index (κ1) is 10.3. The summed E-state index contributed by atoms with van der Waals surface area (Å²) >= 11 is 5.78. The Morgan fingerprint density at radius 2 is 2.00 bits per heavy atom. The van der Waals surface area contributed by atoms with Crippen molar-refractivity contribution in [1.29, 1.82) is 0 Å². The fourth-order valence-electron chi connectivity index (χ4n) is 0.906. The normalized spacial score (nSPS) is 11.8. The number of hydrogen-bond donors (Lipinski definition) is 0. The van der Waals surface area contributed by atoms with Gasteiger partial charge in [-0.25, -0.2) is 0 Å². The third-order valence-electron chi connectivity index (χ3n) is 1.50. The van der Waals surface area contributed by atoms with E-state index in [2.05, 4.69) is 75.8 Å². The van der Waals surface area contributed by atoms with Crippen LogP contribution in [0.2, 0.25) is 0 Å². The fraction of sp³-hybridized carbons (Fsp3) is 0.200. The summed E-state index contributed by atoms with van der Waals surface area (Å²) in [6, 6.07) is 8.38. The van der Waals surface area contributed by atoms with Crippen molar-refractivity contribution in [2.24, 2.45) is 0 Å². The highest BCUT2D eigenvalue weighted by Crippen LogP contribution is 2.23. The number of benzene rings is 1. The average Bonchev–Trinajstić information content (AvgIpc) is 2.06. The van der Waals surface area contributed by atoms with Gasteiger partial charge in [-0.3, -0.25) is 0 Å². The summed E-state index contributed by atoms with van der Waals surface area (Å²) in [5, 5.41) is 0. The summed E-state index contributed by atoms with van der Waals surface area (Å²) in [5.74, 6) is 0. The van der Waals surface area contributed by atoms with E-state index in [0.717, 1.165) is 10.9 Å². The molecule has 0 N–H and O–H groups in total. The van der Waals surface area contributed by atoms with Gasteiger partial charge in [0, 0.05) is 8.05 Å². The molecule has 0 nitrogen and oxygen atoms in total. The van der Waals surface area contributed by atoms with Gasteiger partial charge in [0.15, 0.2) is 0 Å². The van der Waals surface area contributed by atoms with E-state index < -0.39 is 0 Å². The molecule has 2 heteroatoms. The van der Waals surface area contributed by atoms with Crippen molar-refractivity contribution in [1.82, 2.24) is 0 Å². The van der Waals surface area contributed by atoms with E-state index in [1.807, 2.05) is 0 Å². The second-order valence-corrected chi connectivity index (χ2v) is 4.55. The van der Waals surface area contributed by atoms with Gasteiger partial charge in [-0.05, 0) is 46.7 Å². The maximum Gasteiger partial charge on any atom is 0.0175 e. The zero-order valence-electron chi connectivity index (χ0n) is 6.85. The Bertz CT molecular complexity index is 274. The standard InChI is InChI=1S/C10H10BrI/c1-2-3-10(12)8-4-6-9(11)7-5-8/h3-7H,2H2,1H3/b10-3-. The zero-order chi connectivity index (χ0) is 8.97. The molecule has 0 saturated carbocycles. The fourth-order valence-corrected chi connectivity index (χ4v) is 1.97. The van der Waals surface area contributed by atoms with Crippen LogP contribution < -0.4 is 0 Å². The molecule has 12 heavy (non-hydrogen) atoms. The molecular formula is C10H10BrI. The Morgan fingerprint density at radius 1 is 1.42 bits per heavy atom. The summed E-state index contributed by atoms with van der Waals surface area (Å²) < 4.78 is 2.45. The minimum absolute atomic E-state index is 1.09. The Kier molecular flexibility index (Phi) is 4.29. The molecule has 0 spiro atoms. The van der Waals surface area contributed by atoms with E-state index in [-0.39, 0.29) is 0 Å². The Morgan fingerprint density at radius 3 is 2.50 bits per heavy atom. The molecule has 0 bridgehead atoms. The third-order valence-corrected chi connectivity index (χ3v) is 3.10. The van der Waals surface area contributed by atoms with Gasteiger partial charge in [0.05, 0.1) is 0 Å². The summed E-state index contributed by atoms with van der Waals surface area (Å²) in [6.07, 6.45) is 3.32. The van der Waals surface area contributed by atoms with E-state index in [9.17, 15) is 0 Å². The molecule has 0 radical (unpaired) electrons. The second kappa shape index (κ2) is 5.02. The highest BCUT2D eigenvalue weighted by molar-refractivity contribution is 14.1. The maximum absolute atomic E-state index is 3.41. The predicted octanol–water partition coefficient (Wildman–Crippen LogP) is 4.64. The van der Waals surface area contributed by atoms with Crippen molar-refractivity contribution in [3.63, 3.8) is 0 Å². The molecule has 0 aliphatic heterocycles. The van der Waals surface area contributed by atoms with Crippen LogP contribution in [0, 0.1) is 0 Å². The van der Waals surface area contributed by atoms with E-state index in [1.54, 1.807) is 0 Å². The molecule has 64 valence electrons. The van der Waals surface area contributed by atoms with Gasteiger partial charge >= 0.3 is 0 Å². The Hall–Kier alpha value is 0.170. The molecular weight excluding hydrogens is 327 g/mol. The number of hydrogen-bond acceptors (Lipinski definition) is 0. The SMILES string of the molecule is CC/C=C(\I)c1ccc(Br)cc1. The van der Waals surface area contributed by atoms with Crippen LogP contribution in [0.4, 0.5) is 0 Å². The summed E-state index contributed by atoms with van der Waals surface area (Å²) in [6.45, 7) is 2.15. The number of rotatable bonds is 2. The summed E-state index contributed by atoms with van der Waals surface area (Å²) in [5.41, 5.74) is 1.29. The van der Waals surface area contributed by atoms with Crippen LogP contribution in [-0.2, 0) is 0 Å². The van der Waals surface area contributed by atoms with Crippen molar-refractivity contribution < 1.29 is 0 Å². The lowest BCUT2D eigenvalue weighted by molar-refractivity contribution is 1.23. The topological polar surface area (TPSA) is 0 Å². The summed E-state index contributed by atoms with van der Waals surface area (Å²) in [7, 11) is 0. The minimum Gasteiger partial charge on any atom is -0.0708 e. The highest BCUT2D eigenvalue weighted by atomic mass is 127. The van der Waals surface area contributed by atoms with Gasteiger partial charge in [0.25, 0.3) is 0 Å². The van der Waals surface area contributed by atoms with E-state index >= 15 is 0 Å². The maximum atomic E-state index is 3.41. The highest BCUT2D eigenvalue weighted by Gasteiger charge is 1.94. The molecule has 1 rings (SSSR count). The van der Waals surface area contributed by atoms with Gasteiger partial charge in [-0.15, -0.1) is 0 Å². The van der Waals surface area contributed by atoms with Crippen LogP contribution >= 0.6 is 38.5 Å². The first-order chi connectivity index (χ1) is 5.74. The molecule has 0 unspecified atom stereocenters. The van der Waals surface area contributed by atoms with Crippen LogP contribution in [0.5, 0.6) is 0 Å². The first-order valence-electron chi connectivity index (χ1n) is 3.85. The number of allylic oxidation sites excluding steroid dienone is 1. The Labute approximate surface area is 95.3 Å². The molecule has 0 aliphatic rings. The zero-order valence-corrected chi connectivity index (χ0v) is 10.6. The molecule has 0 aromatic heterocycles. The van der Waals surface area contributed by atoms with E-state index in [4.69, 9.17) is 0 Å². The molecule has 0 fully saturated rings. The number of halogens is 2. The summed E-state index contributed by atoms with van der Waals surface area (Å²) in [4.78, 5) is 0. The van der Waals surface area contributed by atoms with E-state index in [0.29, 0.717) is 0 Å². The van der Waals surface area contributed by atoms with Crippen molar-refractivity contribution in [2.75, 3.05) is 0 Å². The van der Waals surface area contributed by atoms with Crippen molar-refractivity contribution in [3.05, 3.63) is 40.4 Å². The molecule has 0 atom stereocenters. The molecule has 1 aromatic rings. The smallest absolute Gasteiger partial charge is 0.0175 e. The minimum atomic E-state index is 1.09. The van der Waals surface area contributed by atoms with Gasteiger partial charge in [-0.1, -0.05) is 41.1 Å². The van der Waals surface area contributed by atoms with Crippen LogP contribution in [0.25, 0.3) is 3.58 Å². The third kappa shape index (κ3) is 2.90. The van der Waals surface area contributed by atoms with Crippen LogP contribution in [0.15, 0.2) is 34.8 Å². The van der Waals surface area contributed by atoms with Crippen LogP contribution in [-0.4, -0.2) is 0 Å². The van der Waals surface area contributed by atoms with Crippen molar-refractivity contribution in [3.8, 4) is 0 Å². The quantitative estimate of drug-likeness (QED) is 0.690. The molecule has 0 aliphatic carbocycles. The lowest BCUT2D eigenvalue weighted by atomic mass is 10.2. The molecule has 0 saturated heterocycles. The monoisotopic (exact) mass is 336 g/mol. The largest absolute Gasteiger partial charge is 0.0708 e. The molecule has 1 aromatic carbocycles. The van der Waals surface area contributed by atoms with Gasteiger partial charge in [-0.2, -0.15) is 0 Å². The van der Waals surface area contributed by atoms with Gasteiger partial charge in [0.1, 0.15) is 0 Å². The van der Waals surface area contributed by atoms with Crippen LogP contribution in [0.1, 0.15) is 18.9 Å². The van der Waals surface area contributed by atoms with E-state index in [1.165, 1.54) is 9.14 Å². The van der Waals surface area contributed by atoms with Gasteiger partial charge in [0.2, 0.25) is 0 Å². The lowest BCUT2D eigenvalue weighted by Gasteiger charge is -1.98. The van der Waals surface area contributed by atoms with Crippen molar-refractivity contribution in [2.45, 2.75) is 13.3 Å². The average molecular weight is 337 g/mol. The molecule has 0 amide bonds. The van der Waals surface area contributed by atoms with Crippen molar-refractivity contribution >= 4 is 42.1 Å². The van der Waals surface area contributed by atoms with Gasteiger partial charge < -0.3 is 0 Å². The lowest BCUT2D eigenvalue weighted by Crippen LogP contribution is -1.75. The van der Waals surface area contributed by atoms with Crippen LogP contribution in [0.3, 0.4) is 0 Å². The predicted molar refractivity (Wildman–Crippen MR) is 66.4 cm³/mol. The first-order valence-corrected chi connectivity index (χ1v) is 5.73.